The van der Waals surface area contributed by atoms with E-state index < -0.39 is 11.7 Å². The number of piperidine rings is 1. The number of amides is 2. The van der Waals surface area contributed by atoms with Crippen LogP contribution in [0.5, 0.6) is 0 Å². The second-order valence-corrected chi connectivity index (χ2v) is 6.44. The first-order chi connectivity index (χ1) is 11.0. The van der Waals surface area contributed by atoms with Crippen LogP contribution in [0.4, 0.5) is 10.1 Å². The van der Waals surface area contributed by atoms with Gasteiger partial charge in [0.1, 0.15) is 5.82 Å². The van der Waals surface area contributed by atoms with Crippen LogP contribution in [0.2, 0.25) is 0 Å². The molecule has 2 aliphatic heterocycles. The van der Waals surface area contributed by atoms with Gasteiger partial charge in [-0.25, -0.2) is 4.39 Å². The van der Waals surface area contributed by atoms with Crippen LogP contribution < -0.4 is 5.32 Å². The minimum Gasteiger partial charge on any atom is -0.393 e. The van der Waals surface area contributed by atoms with Crippen molar-refractivity contribution in [1.29, 1.82) is 0 Å². The van der Waals surface area contributed by atoms with Crippen LogP contribution in [-0.2, 0) is 9.59 Å². The molecule has 6 heteroatoms. The highest BCUT2D eigenvalue weighted by molar-refractivity contribution is 6.01. The molecule has 0 saturated carbocycles. The molecule has 124 valence electrons. The topological polar surface area (TPSA) is 69.6 Å². The zero-order chi connectivity index (χ0) is 16.6. The van der Waals surface area contributed by atoms with Crippen molar-refractivity contribution < 1.29 is 19.1 Å². The molecule has 1 fully saturated rings. The quantitative estimate of drug-likeness (QED) is 0.874. The Hall–Kier alpha value is -1.95. The Balaban J connectivity index is 1.77. The third-order valence-electron chi connectivity index (χ3n) is 4.89. The number of benzene rings is 1. The second kappa shape index (κ2) is 6.28. The summed E-state index contributed by atoms with van der Waals surface area (Å²) >= 11 is 0. The molecule has 0 aliphatic carbocycles. The van der Waals surface area contributed by atoms with E-state index in [9.17, 15) is 19.1 Å². The van der Waals surface area contributed by atoms with Gasteiger partial charge in [-0.2, -0.15) is 0 Å². The number of aliphatic hydroxyl groups is 1. The summed E-state index contributed by atoms with van der Waals surface area (Å²) in [6.45, 7) is 2.95. The molecule has 1 aromatic carbocycles. The lowest BCUT2D eigenvalue weighted by Crippen LogP contribution is -2.44. The third kappa shape index (κ3) is 3.22. The number of nitrogens with one attached hydrogen (secondary N) is 1. The Labute approximate surface area is 134 Å². The average molecular weight is 320 g/mol. The highest BCUT2D eigenvalue weighted by Crippen LogP contribution is 2.35. The highest BCUT2D eigenvalue weighted by Gasteiger charge is 2.35. The Kier molecular flexibility index (Phi) is 4.35. The molecule has 2 unspecified atom stereocenters. The standard InChI is InChI=1S/C17H21FN2O3/c1-10(21)11-4-6-20(7-5-11)17(23)14-9-16(22)19-15-8-12(18)2-3-13(14)15/h2-3,8,10-11,14,21H,4-7,9H2,1H3,(H,19,22). The largest absolute Gasteiger partial charge is 0.393 e. The van der Waals surface area contributed by atoms with Crippen LogP contribution >= 0.6 is 0 Å². The summed E-state index contributed by atoms with van der Waals surface area (Å²) in [6, 6.07) is 4.15. The molecule has 2 amide bonds. The van der Waals surface area contributed by atoms with Crippen molar-refractivity contribution >= 4 is 17.5 Å². The fourth-order valence-corrected chi connectivity index (χ4v) is 3.48. The molecule has 0 bridgehead atoms. The van der Waals surface area contributed by atoms with Crippen molar-refractivity contribution in [3.63, 3.8) is 0 Å². The van der Waals surface area contributed by atoms with Crippen LogP contribution in [0.3, 0.4) is 0 Å². The maximum absolute atomic E-state index is 13.4. The molecule has 1 aromatic rings. The zero-order valence-corrected chi connectivity index (χ0v) is 13.1. The maximum Gasteiger partial charge on any atom is 0.230 e. The van der Waals surface area contributed by atoms with Gasteiger partial charge in [-0.1, -0.05) is 6.07 Å². The van der Waals surface area contributed by atoms with Crippen molar-refractivity contribution in [2.24, 2.45) is 5.92 Å². The summed E-state index contributed by atoms with van der Waals surface area (Å²) in [5, 5.41) is 12.3. The van der Waals surface area contributed by atoms with E-state index in [0.29, 0.717) is 24.3 Å². The first-order valence-corrected chi connectivity index (χ1v) is 8.02. The van der Waals surface area contributed by atoms with Gasteiger partial charge in [0, 0.05) is 25.2 Å². The number of carbonyl (C=O) groups excluding carboxylic acids is 2. The lowest BCUT2D eigenvalue weighted by atomic mass is 9.87. The molecule has 2 N–H and O–H groups in total. The van der Waals surface area contributed by atoms with Gasteiger partial charge in [0.25, 0.3) is 0 Å². The van der Waals surface area contributed by atoms with Gasteiger partial charge in [0.2, 0.25) is 11.8 Å². The van der Waals surface area contributed by atoms with E-state index in [4.69, 9.17) is 0 Å². The second-order valence-electron chi connectivity index (χ2n) is 6.44. The first-order valence-electron chi connectivity index (χ1n) is 8.02. The van der Waals surface area contributed by atoms with Crippen LogP contribution in [0.25, 0.3) is 0 Å². The van der Waals surface area contributed by atoms with Gasteiger partial charge in [-0.15, -0.1) is 0 Å². The molecule has 0 radical (unpaired) electrons. The van der Waals surface area contributed by atoms with E-state index in [1.165, 1.54) is 12.1 Å². The van der Waals surface area contributed by atoms with E-state index in [2.05, 4.69) is 5.32 Å². The molecule has 2 atom stereocenters. The Bertz CT molecular complexity index is 624. The predicted octanol–water partition coefficient (Wildman–Crippen LogP) is 1.87. The lowest BCUT2D eigenvalue weighted by Gasteiger charge is -2.36. The van der Waals surface area contributed by atoms with Crippen LogP contribution in [-0.4, -0.2) is 41.0 Å². The van der Waals surface area contributed by atoms with Crippen LogP contribution in [0.15, 0.2) is 18.2 Å². The van der Waals surface area contributed by atoms with Gasteiger partial charge >= 0.3 is 0 Å². The van der Waals surface area contributed by atoms with E-state index in [0.717, 1.165) is 12.8 Å². The molecule has 3 rings (SSSR count). The fourth-order valence-electron chi connectivity index (χ4n) is 3.48. The van der Waals surface area contributed by atoms with E-state index in [1.807, 2.05) is 0 Å². The van der Waals surface area contributed by atoms with Crippen LogP contribution in [0, 0.1) is 11.7 Å². The summed E-state index contributed by atoms with van der Waals surface area (Å²) in [5.74, 6) is -1.12. The first kappa shape index (κ1) is 15.9. The number of nitrogens with zero attached hydrogens (tertiary/aromatic N) is 1. The van der Waals surface area contributed by atoms with E-state index in [-0.39, 0.29) is 30.3 Å². The number of aliphatic hydroxyl groups excluding tert-OH is 1. The summed E-state index contributed by atoms with van der Waals surface area (Å²) in [7, 11) is 0. The summed E-state index contributed by atoms with van der Waals surface area (Å²) in [6.07, 6.45) is 1.25. The molecule has 1 saturated heterocycles. The van der Waals surface area contributed by atoms with Gasteiger partial charge in [0.05, 0.1) is 12.0 Å². The number of hydrogen-bond acceptors (Lipinski definition) is 3. The van der Waals surface area contributed by atoms with Gasteiger partial charge < -0.3 is 15.3 Å². The predicted molar refractivity (Wildman–Crippen MR) is 83.4 cm³/mol. The van der Waals surface area contributed by atoms with E-state index >= 15 is 0 Å². The molecular weight excluding hydrogens is 299 g/mol. The minimum atomic E-state index is -0.553. The summed E-state index contributed by atoms with van der Waals surface area (Å²) in [4.78, 5) is 26.4. The van der Waals surface area contributed by atoms with Crippen molar-refractivity contribution in [3.8, 4) is 0 Å². The molecule has 2 heterocycles. The Morgan fingerprint density at radius 2 is 2.09 bits per heavy atom. The molecule has 23 heavy (non-hydrogen) atoms. The minimum absolute atomic E-state index is 0.0863. The van der Waals surface area contributed by atoms with Gasteiger partial charge in [0.15, 0.2) is 0 Å². The molecule has 2 aliphatic rings. The molecule has 0 aromatic heterocycles. The number of likely N-dealkylation sites (tertiary alicyclic amines) is 1. The monoisotopic (exact) mass is 320 g/mol. The zero-order valence-electron chi connectivity index (χ0n) is 13.1. The van der Waals surface area contributed by atoms with Gasteiger partial charge in [-0.3, -0.25) is 9.59 Å². The highest BCUT2D eigenvalue weighted by atomic mass is 19.1. The third-order valence-corrected chi connectivity index (χ3v) is 4.89. The number of hydrogen-bond donors (Lipinski definition) is 2. The summed E-state index contributed by atoms with van der Waals surface area (Å²) in [5.41, 5.74) is 1.06. The summed E-state index contributed by atoms with van der Waals surface area (Å²) < 4.78 is 13.4. The van der Waals surface area contributed by atoms with Crippen molar-refractivity contribution in [3.05, 3.63) is 29.6 Å². The van der Waals surface area contributed by atoms with E-state index in [1.54, 1.807) is 17.9 Å². The Morgan fingerprint density at radius 3 is 2.74 bits per heavy atom. The maximum atomic E-state index is 13.4. The molecule has 0 spiro atoms. The number of halogens is 1. The number of rotatable bonds is 2. The number of anilines is 1. The molecular formula is C17H21FN2O3. The van der Waals surface area contributed by atoms with Crippen LogP contribution in [0.1, 0.15) is 37.7 Å². The van der Waals surface area contributed by atoms with Crippen molar-refractivity contribution in [2.75, 3.05) is 18.4 Å². The number of carbonyl (C=O) groups is 2. The Morgan fingerprint density at radius 1 is 1.39 bits per heavy atom. The lowest BCUT2D eigenvalue weighted by molar-refractivity contribution is -0.136. The average Bonchev–Trinajstić information content (AvgIpc) is 2.53. The van der Waals surface area contributed by atoms with Gasteiger partial charge in [-0.05, 0) is 43.4 Å². The normalized spacial score (nSPS) is 23.2. The smallest absolute Gasteiger partial charge is 0.230 e. The SMILES string of the molecule is CC(O)C1CCN(C(=O)C2CC(=O)Nc3cc(F)ccc32)CC1. The van der Waals surface area contributed by atoms with Crippen molar-refractivity contribution in [1.82, 2.24) is 4.90 Å². The van der Waals surface area contributed by atoms with Crippen molar-refractivity contribution in [2.45, 2.75) is 38.2 Å². The number of fused-ring (bicyclic) bond motifs is 1. The fraction of sp³-hybridized carbons (Fsp3) is 0.529. The molecule has 5 nitrogen and oxygen atoms in total.